The molecule has 0 unspecified atom stereocenters. The third kappa shape index (κ3) is 6.13. The molecule has 0 fully saturated rings. The highest BCUT2D eigenvalue weighted by Gasteiger charge is 2.24. The summed E-state index contributed by atoms with van der Waals surface area (Å²) in [6, 6.07) is 8.98. The number of esters is 1. The number of nitrogens with one attached hydrogen (secondary N) is 1. The highest BCUT2D eigenvalue weighted by Crippen LogP contribution is 2.20. The average molecular weight is 373 g/mol. The lowest BCUT2D eigenvalue weighted by Crippen LogP contribution is -2.44. The summed E-state index contributed by atoms with van der Waals surface area (Å²) in [5.41, 5.74) is 7.16. The molecular formula is C20H27N3O4. The Kier molecular flexibility index (Phi) is 6.60. The number of amides is 1. The van der Waals surface area contributed by atoms with Crippen LogP contribution in [0.3, 0.4) is 0 Å². The van der Waals surface area contributed by atoms with Gasteiger partial charge in [-0.2, -0.15) is 0 Å². The van der Waals surface area contributed by atoms with Crippen LogP contribution < -0.4 is 11.1 Å². The summed E-state index contributed by atoms with van der Waals surface area (Å²) in [5, 5.41) is 3.58. The number of alkyl carbamates (subject to hydrolysis) is 1. The van der Waals surface area contributed by atoms with E-state index >= 15 is 0 Å². The molecule has 146 valence electrons. The molecule has 1 atom stereocenters. The number of pyridine rings is 1. The number of nitrogens with zero attached hydrogens (tertiary/aromatic N) is 1. The van der Waals surface area contributed by atoms with Gasteiger partial charge >= 0.3 is 12.1 Å². The van der Waals surface area contributed by atoms with Crippen LogP contribution in [0.1, 0.15) is 39.2 Å². The van der Waals surface area contributed by atoms with Gasteiger partial charge in [0.1, 0.15) is 17.5 Å². The van der Waals surface area contributed by atoms with Crippen molar-refractivity contribution in [3.8, 4) is 0 Å². The molecule has 0 aliphatic rings. The smallest absolute Gasteiger partial charge is 0.408 e. The van der Waals surface area contributed by atoms with E-state index in [4.69, 9.17) is 15.2 Å². The molecule has 27 heavy (non-hydrogen) atoms. The number of benzene rings is 1. The van der Waals surface area contributed by atoms with Crippen molar-refractivity contribution in [1.29, 1.82) is 0 Å². The highest BCUT2D eigenvalue weighted by molar-refractivity contribution is 5.82. The summed E-state index contributed by atoms with van der Waals surface area (Å²) in [6.07, 6.45) is 1.01. The summed E-state index contributed by atoms with van der Waals surface area (Å²) in [7, 11) is 1.29. The van der Waals surface area contributed by atoms with E-state index in [-0.39, 0.29) is 0 Å². The number of nitrogens with two attached hydrogens (primary N) is 1. The van der Waals surface area contributed by atoms with Crippen molar-refractivity contribution in [2.75, 3.05) is 12.8 Å². The van der Waals surface area contributed by atoms with Gasteiger partial charge in [0.05, 0.1) is 12.6 Å². The predicted molar refractivity (Wildman–Crippen MR) is 104 cm³/mol. The lowest BCUT2D eigenvalue weighted by Gasteiger charge is -2.22. The van der Waals surface area contributed by atoms with Crippen LogP contribution in [-0.4, -0.2) is 35.8 Å². The Bertz CT molecular complexity index is 814. The van der Waals surface area contributed by atoms with Gasteiger partial charge < -0.3 is 20.5 Å². The number of aryl methyl sites for hydroxylation is 1. The minimum absolute atomic E-state index is 0.401. The maximum atomic E-state index is 12.0. The summed E-state index contributed by atoms with van der Waals surface area (Å²) >= 11 is 0. The van der Waals surface area contributed by atoms with Gasteiger partial charge in [0.15, 0.2) is 0 Å². The first-order valence-corrected chi connectivity index (χ1v) is 8.91. The fourth-order valence-electron chi connectivity index (χ4n) is 2.71. The van der Waals surface area contributed by atoms with Gasteiger partial charge in [0, 0.05) is 5.39 Å². The Morgan fingerprint density at radius 2 is 1.96 bits per heavy atom. The van der Waals surface area contributed by atoms with E-state index in [2.05, 4.69) is 10.3 Å². The van der Waals surface area contributed by atoms with Gasteiger partial charge in [-0.15, -0.1) is 0 Å². The first kappa shape index (κ1) is 20.5. The Hall–Kier alpha value is -2.83. The lowest BCUT2D eigenvalue weighted by atomic mass is 10.0. The van der Waals surface area contributed by atoms with Crippen molar-refractivity contribution in [2.45, 2.75) is 51.7 Å². The number of para-hydroxylation sites is 1. The number of nitrogen functional groups attached to an aromatic ring is 1. The second-order valence-electron chi connectivity index (χ2n) is 7.34. The highest BCUT2D eigenvalue weighted by atomic mass is 16.6. The van der Waals surface area contributed by atoms with Crippen LogP contribution in [0.2, 0.25) is 0 Å². The number of anilines is 1. The van der Waals surface area contributed by atoms with E-state index in [1.54, 1.807) is 20.8 Å². The van der Waals surface area contributed by atoms with Crippen LogP contribution >= 0.6 is 0 Å². The second-order valence-corrected chi connectivity index (χ2v) is 7.34. The molecule has 1 amide bonds. The van der Waals surface area contributed by atoms with Crippen molar-refractivity contribution in [3.05, 3.63) is 35.9 Å². The van der Waals surface area contributed by atoms with E-state index in [1.807, 2.05) is 30.3 Å². The van der Waals surface area contributed by atoms with Crippen molar-refractivity contribution in [1.82, 2.24) is 10.3 Å². The number of aromatic nitrogens is 1. The van der Waals surface area contributed by atoms with Crippen LogP contribution in [-0.2, 0) is 20.7 Å². The summed E-state index contributed by atoms with van der Waals surface area (Å²) in [5.74, 6) is -0.0334. The Morgan fingerprint density at radius 3 is 2.63 bits per heavy atom. The molecule has 1 aromatic heterocycles. The second kappa shape index (κ2) is 8.70. The zero-order chi connectivity index (χ0) is 20.0. The number of fused-ring (bicyclic) bond motifs is 1. The molecule has 0 spiro atoms. The molecular weight excluding hydrogens is 346 g/mol. The number of methoxy groups -OCH3 is 1. The molecule has 0 aliphatic carbocycles. The first-order chi connectivity index (χ1) is 12.7. The largest absolute Gasteiger partial charge is 0.467 e. The van der Waals surface area contributed by atoms with Gasteiger partial charge in [0.2, 0.25) is 0 Å². The lowest BCUT2D eigenvalue weighted by molar-refractivity contribution is -0.143. The molecule has 3 N–H and O–H groups in total. The number of carbonyl (C=O) groups is 2. The molecule has 0 aliphatic heterocycles. The van der Waals surface area contributed by atoms with Crippen molar-refractivity contribution >= 4 is 28.8 Å². The normalized spacial score (nSPS) is 12.4. The molecule has 7 heteroatoms. The van der Waals surface area contributed by atoms with Crippen LogP contribution in [0.5, 0.6) is 0 Å². The van der Waals surface area contributed by atoms with Crippen molar-refractivity contribution in [2.24, 2.45) is 0 Å². The third-order valence-corrected chi connectivity index (χ3v) is 3.95. The minimum Gasteiger partial charge on any atom is -0.467 e. The molecule has 2 rings (SSSR count). The van der Waals surface area contributed by atoms with Gasteiger partial charge in [-0.25, -0.2) is 14.6 Å². The number of carbonyl (C=O) groups excluding carboxylic acids is 2. The Labute approximate surface area is 159 Å². The zero-order valence-corrected chi connectivity index (χ0v) is 16.2. The number of hydrogen-bond donors (Lipinski definition) is 2. The molecule has 7 nitrogen and oxygen atoms in total. The van der Waals surface area contributed by atoms with Crippen molar-refractivity contribution < 1.29 is 19.1 Å². The van der Waals surface area contributed by atoms with Crippen LogP contribution in [0.4, 0.5) is 10.6 Å². The molecule has 0 saturated carbocycles. The molecule has 0 saturated heterocycles. The first-order valence-electron chi connectivity index (χ1n) is 8.91. The number of ether oxygens (including phenoxy) is 2. The molecule has 0 bridgehead atoms. The monoisotopic (exact) mass is 373 g/mol. The van der Waals surface area contributed by atoms with Gasteiger partial charge in [-0.3, -0.25) is 0 Å². The van der Waals surface area contributed by atoms with Gasteiger partial charge in [-0.1, -0.05) is 18.2 Å². The maximum absolute atomic E-state index is 12.0. The van der Waals surface area contributed by atoms with Crippen LogP contribution in [0, 0.1) is 0 Å². The van der Waals surface area contributed by atoms with Crippen LogP contribution in [0.25, 0.3) is 10.9 Å². The number of rotatable bonds is 6. The van der Waals surface area contributed by atoms with E-state index in [0.717, 1.165) is 16.5 Å². The minimum atomic E-state index is -0.778. The quantitative estimate of drug-likeness (QED) is 0.754. The topological polar surface area (TPSA) is 104 Å². The fraction of sp³-hybridized carbons (Fsp3) is 0.450. The molecule has 1 heterocycles. The third-order valence-electron chi connectivity index (χ3n) is 3.95. The molecule has 2 aromatic rings. The summed E-state index contributed by atoms with van der Waals surface area (Å²) in [6.45, 7) is 5.28. The molecule has 0 radical (unpaired) electrons. The maximum Gasteiger partial charge on any atom is 0.408 e. The summed E-state index contributed by atoms with van der Waals surface area (Å²) in [4.78, 5) is 28.3. The average Bonchev–Trinajstić information content (AvgIpc) is 2.59. The van der Waals surface area contributed by atoms with Crippen molar-refractivity contribution in [3.63, 3.8) is 0 Å². The fourth-order valence-corrected chi connectivity index (χ4v) is 2.71. The molecule has 1 aromatic carbocycles. The van der Waals surface area contributed by atoms with E-state index in [1.165, 1.54) is 7.11 Å². The Balaban J connectivity index is 2.00. The van der Waals surface area contributed by atoms with E-state index in [9.17, 15) is 9.59 Å². The SMILES string of the molecule is COC(=O)[C@H](CCCc1cc2ccccc2nc1N)NC(=O)OC(C)(C)C. The summed E-state index contributed by atoms with van der Waals surface area (Å²) < 4.78 is 9.99. The predicted octanol–water partition coefficient (Wildman–Crippen LogP) is 3.21. The van der Waals surface area contributed by atoms with Gasteiger partial charge in [0.25, 0.3) is 0 Å². The number of hydrogen-bond acceptors (Lipinski definition) is 6. The van der Waals surface area contributed by atoms with E-state index < -0.39 is 23.7 Å². The van der Waals surface area contributed by atoms with Crippen LogP contribution in [0.15, 0.2) is 30.3 Å². The Morgan fingerprint density at radius 1 is 1.26 bits per heavy atom. The zero-order valence-electron chi connectivity index (χ0n) is 16.2. The van der Waals surface area contributed by atoms with E-state index in [0.29, 0.717) is 25.1 Å². The van der Waals surface area contributed by atoms with Gasteiger partial charge in [-0.05, 0) is 57.7 Å². The standard InChI is InChI=1S/C20H27N3O4/c1-20(2,3)27-19(25)23-16(18(24)26-4)11-7-9-14-12-13-8-5-6-10-15(13)22-17(14)21/h5-6,8,10,12,16H,7,9,11H2,1-4H3,(H2,21,22)(H,23,25)/t16-/m0/s1.